The van der Waals surface area contributed by atoms with Gasteiger partial charge in [0.1, 0.15) is 0 Å². The second-order valence-electron chi connectivity index (χ2n) is 4.97. The quantitative estimate of drug-likeness (QED) is 0.794. The van der Waals surface area contributed by atoms with Crippen LogP contribution in [0.5, 0.6) is 0 Å². The van der Waals surface area contributed by atoms with Crippen LogP contribution in [0.15, 0.2) is 29.2 Å². The van der Waals surface area contributed by atoms with E-state index in [4.69, 9.17) is 0 Å². The van der Waals surface area contributed by atoms with E-state index in [2.05, 4.69) is 55.2 Å². The van der Waals surface area contributed by atoms with Crippen molar-refractivity contribution in [1.29, 1.82) is 0 Å². The normalized spacial score (nSPS) is 18.2. The first kappa shape index (κ1) is 12.8. The molecule has 1 saturated carbocycles. The number of nitrogens with one attached hydrogen (secondary N) is 1. The highest BCUT2D eigenvalue weighted by Gasteiger charge is 2.17. The molecule has 1 nitrogen and oxygen atoms in total. The second kappa shape index (κ2) is 6.34. The molecule has 1 aliphatic carbocycles. The highest BCUT2D eigenvalue weighted by Crippen LogP contribution is 2.38. The maximum Gasteiger partial charge on any atom is 0.0480 e. The third-order valence-electron chi connectivity index (χ3n) is 3.50. The summed E-state index contributed by atoms with van der Waals surface area (Å²) in [5, 5.41) is 4.46. The Morgan fingerprint density at radius 2 is 2.00 bits per heavy atom. The molecule has 1 unspecified atom stereocenters. The SMILES string of the molecule is CCC(C)Nc1ccccc1SC1CCCC1. The summed E-state index contributed by atoms with van der Waals surface area (Å²) in [6.45, 7) is 4.47. The van der Waals surface area contributed by atoms with Crippen molar-refractivity contribution in [3.8, 4) is 0 Å². The minimum absolute atomic E-state index is 0.556. The lowest BCUT2D eigenvalue weighted by atomic mass is 10.2. The topological polar surface area (TPSA) is 12.0 Å². The molecule has 1 aromatic rings. The van der Waals surface area contributed by atoms with Crippen LogP contribution in [0.4, 0.5) is 5.69 Å². The van der Waals surface area contributed by atoms with Crippen LogP contribution in [0.3, 0.4) is 0 Å². The van der Waals surface area contributed by atoms with E-state index in [0.29, 0.717) is 6.04 Å². The van der Waals surface area contributed by atoms with Gasteiger partial charge in [-0.05, 0) is 38.3 Å². The van der Waals surface area contributed by atoms with E-state index in [1.807, 2.05) is 0 Å². The van der Waals surface area contributed by atoms with Gasteiger partial charge in [0.05, 0.1) is 0 Å². The lowest BCUT2D eigenvalue weighted by Crippen LogP contribution is -2.14. The second-order valence-corrected chi connectivity index (χ2v) is 6.32. The summed E-state index contributed by atoms with van der Waals surface area (Å²) in [6.07, 6.45) is 6.78. The summed E-state index contributed by atoms with van der Waals surface area (Å²) in [5.41, 5.74) is 1.32. The van der Waals surface area contributed by atoms with E-state index in [1.54, 1.807) is 0 Å². The van der Waals surface area contributed by atoms with Crippen molar-refractivity contribution in [1.82, 2.24) is 0 Å². The van der Waals surface area contributed by atoms with Crippen LogP contribution >= 0.6 is 11.8 Å². The third-order valence-corrected chi connectivity index (χ3v) is 4.91. The standard InChI is InChI=1S/C15H23NS/c1-3-12(2)16-14-10-6-7-11-15(14)17-13-8-4-5-9-13/h6-7,10-13,16H,3-5,8-9H2,1-2H3. The van der Waals surface area contributed by atoms with Crippen LogP contribution in [-0.2, 0) is 0 Å². The molecule has 1 aromatic carbocycles. The average molecular weight is 249 g/mol. The smallest absolute Gasteiger partial charge is 0.0480 e. The molecule has 1 N–H and O–H groups in total. The monoisotopic (exact) mass is 249 g/mol. The van der Waals surface area contributed by atoms with Crippen LogP contribution in [0.25, 0.3) is 0 Å². The van der Waals surface area contributed by atoms with Gasteiger partial charge in [-0.1, -0.05) is 31.9 Å². The van der Waals surface area contributed by atoms with Gasteiger partial charge in [0.25, 0.3) is 0 Å². The Labute approximate surface area is 109 Å². The fourth-order valence-corrected chi connectivity index (χ4v) is 3.58. The maximum atomic E-state index is 3.61. The molecular formula is C15H23NS. The molecule has 0 amide bonds. The first-order chi connectivity index (χ1) is 8.29. The lowest BCUT2D eigenvalue weighted by molar-refractivity contribution is 0.761. The molecule has 0 aromatic heterocycles. The van der Waals surface area contributed by atoms with Crippen molar-refractivity contribution in [2.45, 2.75) is 62.1 Å². The van der Waals surface area contributed by atoms with Gasteiger partial charge >= 0.3 is 0 Å². The predicted octanol–water partition coefficient (Wildman–Crippen LogP) is 4.93. The Morgan fingerprint density at radius 1 is 1.29 bits per heavy atom. The van der Waals surface area contributed by atoms with E-state index in [-0.39, 0.29) is 0 Å². The van der Waals surface area contributed by atoms with Crippen LogP contribution in [0.2, 0.25) is 0 Å². The summed E-state index contributed by atoms with van der Waals surface area (Å²) >= 11 is 2.07. The van der Waals surface area contributed by atoms with Crippen molar-refractivity contribution in [2.24, 2.45) is 0 Å². The molecule has 94 valence electrons. The Balaban J connectivity index is 2.04. The van der Waals surface area contributed by atoms with E-state index in [0.717, 1.165) is 5.25 Å². The summed E-state index contributed by atoms with van der Waals surface area (Å²) in [5.74, 6) is 0. The molecule has 0 spiro atoms. The van der Waals surface area contributed by atoms with Crippen LogP contribution in [0, 0.1) is 0 Å². The summed E-state index contributed by atoms with van der Waals surface area (Å²) in [7, 11) is 0. The minimum Gasteiger partial charge on any atom is -0.382 e. The largest absolute Gasteiger partial charge is 0.382 e. The molecule has 0 heterocycles. The fourth-order valence-electron chi connectivity index (χ4n) is 2.24. The van der Waals surface area contributed by atoms with Gasteiger partial charge in [0.15, 0.2) is 0 Å². The Hall–Kier alpha value is -0.630. The molecule has 0 bridgehead atoms. The van der Waals surface area contributed by atoms with Gasteiger partial charge in [-0.15, -0.1) is 11.8 Å². The molecule has 1 atom stereocenters. The van der Waals surface area contributed by atoms with E-state index in [1.165, 1.54) is 42.7 Å². The van der Waals surface area contributed by atoms with E-state index < -0.39 is 0 Å². The average Bonchev–Trinajstić information content (AvgIpc) is 2.84. The third kappa shape index (κ3) is 3.67. The number of hydrogen-bond donors (Lipinski definition) is 1. The molecule has 0 saturated heterocycles. The summed E-state index contributed by atoms with van der Waals surface area (Å²) in [4.78, 5) is 1.43. The zero-order chi connectivity index (χ0) is 12.1. The van der Waals surface area contributed by atoms with Crippen molar-refractivity contribution in [2.75, 3.05) is 5.32 Å². The zero-order valence-corrected chi connectivity index (χ0v) is 11.7. The number of hydrogen-bond acceptors (Lipinski definition) is 2. The van der Waals surface area contributed by atoms with Crippen molar-refractivity contribution in [3.05, 3.63) is 24.3 Å². The van der Waals surface area contributed by atoms with Crippen molar-refractivity contribution >= 4 is 17.4 Å². The molecule has 2 rings (SSSR count). The highest BCUT2D eigenvalue weighted by atomic mass is 32.2. The van der Waals surface area contributed by atoms with E-state index in [9.17, 15) is 0 Å². The minimum atomic E-state index is 0.556. The van der Waals surface area contributed by atoms with Crippen LogP contribution < -0.4 is 5.32 Å². The van der Waals surface area contributed by atoms with Gasteiger partial charge in [-0.2, -0.15) is 0 Å². The van der Waals surface area contributed by atoms with E-state index >= 15 is 0 Å². The fraction of sp³-hybridized carbons (Fsp3) is 0.600. The number of para-hydroxylation sites is 1. The summed E-state index contributed by atoms with van der Waals surface area (Å²) in [6, 6.07) is 9.31. The van der Waals surface area contributed by atoms with Crippen molar-refractivity contribution in [3.63, 3.8) is 0 Å². The molecule has 1 fully saturated rings. The molecule has 2 heteroatoms. The Kier molecular flexibility index (Phi) is 4.78. The summed E-state index contributed by atoms with van der Waals surface area (Å²) < 4.78 is 0. The first-order valence-corrected chi connectivity index (χ1v) is 7.69. The molecule has 1 aliphatic rings. The van der Waals surface area contributed by atoms with Gasteiger partial charge < -0.3 is 5.32 Å². The molecular weight excluding hydrogens is 226 g/mol. The first-order valence-electron chi connectivity index (χ1n) is 6.82. The lowest BCUT2D eigenvalue weighted by Gasteiger charge is -2.18. The predicted molar refractivity (Wildman–Crippen MR) is 77.9 cm³/mol. The van der Waals surface area contributed by atoms with Crippen LogP contribution in [-0.4, -0.2) is 11.3 Å². The van der Waals surface area contributed by atoms with Gasteiger partial charge in [0.2, 0.25) is 0 Å². The van der Waals surface area contributed by atoms with Gasteiger partial charge in [-0.3, -0.25) is 0 Å². The highest BCUT2D eigenvalue weighted by molar-refractivity contribution is 8.00. The number of anilines is 1. The Morgan fingerprint density at radius 3 is 2.71 bits per heavy atom. The molecule has 17 heavy (non-hydrogen) atoms. The van der Waals surface area contributed by atoms with Crippen molar-refractivity contribution < 1.29 is 0 Å². The van der Waals surface area contributed by atoms with Crippen LogP contribution in [0.1, 0.15) is 46.0 Å². The maximum absolute atomic E-state index is 3.61. The van der Waals surface area contributed by atoms with Gasteiger partial charge in [-0.25, -0.2) is 0 Å². The molecule has 0 aliphatic heterocycles. The number of rotatable bonds is 5. The molecule has 0 radical (unpaired) electrons. The zero-order valence-electron chi connectivity index (χ0n) is 10.9. The van der Waals surface area contributed by atoms with Gasteiger partial charge in [0, 0.05) is 21.9 Å². The number of benzene rings is 1. The number of thioether (sulfide) groups is 1. The Bertz CT molecular complexity index is 345.